The summed E-state index contributed by atoms with van der Waals surface area (Å²) in [5.74, 6) is 2.91. The monoisotopic (exact) mass is 295 g/mol. The van der Waals surface area contributed by atoms with Gasteiger partial charge in [-0.3, -0.25) is 0 Å². The molecule has 1 spiro atoms. The van der Waals surface area contributed by atoms with Crippen molar-refractivity contribution < 1.29 is 0 Å². The first kappa shape index (κ1) is 10.4. The van der Waals surface area contributed by atoms with E-state index in [1.165, 1.54) is 37.8 Å². The van der Waals surface area contributed by atoms with Crippen LogP contribution in [0.4, 0.5) is 5.95 Å². The van der Waals surface area contributed by atoms with Gasteiger partial charge in [0.1, 0.15) is 4.60 Å². The summed E-state index contributed by atoms with van der Waals surface area (Å²) in [6.45, 7) is 3.29. The number of imidazole rings is 1. The fourth-order valence-electron chi connectivity index (χ4n) is 4.29. The third-order valence-corrected chi connectivity index (χ3v) is 6.00. The zero-order chi connectivity index (χ0) is 11.6. The Morgan fingerprint density at radius 2 is 2.12 bits per heavy atom. The molecule has 3 aliphatic carbocycles. The van der Waals surface area contributed by atoms with E-state index in [-0.39, 0.29) is 0 Å². The lowest BCUT2D eigenvalue weighted by atomic mass is 9.60. The number of nitrogens with one attached hydrogen (secondary N) is 1. The summed E-state index contributed by atoms with van der Waals surface area (Å²) in [6, 6.07) is 0. The van der Waals surface area contributed by atoms with E-state index in [1.807, 2.05) is 0 Å². The lowest BCUT2D eigenvalue weighted by Gasteiger charge is -2.49. The lowest BCUT2D eigenvalue weighted by molar-refractivity contribution is 0.0813. The average Bonchev–Trinajstić information content (AvgIpc) is 2.79. The molecule has 1 atom stereocenters. The molecule has 4 aliphatic rings. The van der Waals surface area contributed by atoms with Crippen LogP contribution in [0.25, 0.3) is 0 Å². The highest BCUT2D eigenvalue weighted by Gasteiger charge is 2.51. The van der Waals surface area contributed by atoms with Gasteiger partial charge in [-0.15, -0.1) is 0 Å². The van der Waals surface area contributed by atoms with Gasteiger partial charge in [0, 0.05) is 6.54 Å². The molecule has 4 heteroatoms. The van der Waals surface area contributed by atoms with Crippen molar-refractivity contribution in [2.24, 2.45) is 11.8 Å². The maximum absolute atomic E-state index is 4.59. The number of nitrogens with zero attached hydrogens (tertiary/aromatic N) is 2. The fourth-order valence-corrected chi connectivity index (χ4v) is 4.67. The van der Waals surface area contributed by atoms with E-state index in [9.17, 15) is 0 Å². The first-order valence-corrected chi connectivity index (χ1v) is 7.48. The van der Waals surface area contributed by atoms with Crippen LogP contribution in [-0.4, -0.2) is 15.1 Å². The first-order valence-electron chi connectivity index (χ1n) is 6.69. The highest BCUT2D eigenvalue weighted by molar-refractivity contribution is 9.10. The average molecular weight is 296 g/mol. The highest BCUT2D eigenvalue weighted by atomic mass is 79.9. The lowest BCUT2D eigenvalue weighted by Crippen LogP contribution is -2.52. The summed E-state index contributed by atoms with van der Waals surface area (Å²) in [7, 11) is 0. The van der Waals surface area contributed by atoms with E-state index >= 15 is 0 Å². The minimum atomic E-state index is 0.342. The summed E-state index contributed by atoms with van der Waals surface area (Å²) in [5, 5.41) is 3.76. The molecule has 92 valence electrons. The maximum atomic E-state index is 4.59. The van der Waals surface area contributed by atoms with E-state index in [2.05, 4.69) is 37.7 Å². The van der Waals surface area contributed by atoms with Gasteiger partial charge in [-0.2, -0.15) is 0 Å². The van der Waals surface area contributed by atoms with E-state index < -0.39 is 0 Å². The minimum absolute atomic E-state index is 0.342. The van der Waals surface area contributed by atoms with Gasteiger partial charge in [0.25, 0.3) is 0 Å². The van der Waals surface area contributed by atoms with Crippen molar-refractivity contribution in [2.75, 3.05) is 5.32 Å². The van der Waals surface area contributed by atoms with Crippen molar-refractivity contribution in [1.82, 2.24) is 9.55 Å². The van der Waals surface area contributed by atoms with Crippen LogP contribution in [-0.2, 0) is 6.54 Å². The second-order valence-electron chi connectivity index (χ2n) is 6.10. The van der Waals surface area contributed by atoms with Crippen LogP contribution in [0.1, 0.15) is 37.8 Å². The van der Waals surface area contributed by atoms with Crippen LogP contribution >= 0.6 is 15.9 Å². The normalized spacial score (nSPS) is 38.5. The van der Waals surface area contributed by atoms with E-state index in [0.29, 0.717) is 5.54 Å². The van der Waals surface area contributed by atoms with Crippen molar-refractivity contribution in [3.05, 3.63) is 10.3 Å². The minimum Gasteiger partial charge on any atom is -0.348 e. The molecule has 2 bridgehead atoms. The van der Waals surface area contributed by atoms with Crippen LogP contribution in [0.2, 0.25) is 0 Å². The fraction of sp³-hybridized carbons (Fsp3) is 0.769. The third-order valence-electron chi connectivity index (χ3n) is 5.25. The van der Waals surface area contributed by atoms with Gasteiger partial charge in [-0.05, 0) is 54.0 Å². The maximum Gasteiger partial charge on any atom is 0.204 e. The second-order valence-corrected chi connectivity index (χ2v) is 6.85. The quantitative estimate of drug-likeness (QED) is 0.796. The number of hydrogen-bond donors (Lipinski definition) is 1. The molecule has 1 aromatic heterocycles. The van der Waals surface area contributed by atoms with Crippen LogP contribution in [0.15, 0.2) is 4.60 Å². The van der Waals surface area contributed by atoms with Crippen LogP contribution in [0, 0.1) is 18.8 Å². The van der Waals surface area contributed by atoms with E-state index in [4.69, 9.17) is 0 Å². The predicted octanol–water partition coefficient (Wildman–Crippen LogP) is 3.33. The summed E-state index contributed by atoms with van der Waals surface area (Å²) in [6.07, 6.45) is 7.11. The van der Waals surface area contributed by atoms with Gasteiger partial charge in [0.15, 0.2) is 0 Å². The molecule has 1 unspecified atom stereocenters. The van der Waals surface area contributed by atoms with Gasteiger partial charge in [0.05, 0.1) is 11.2 Å². The van der Waals surface area contributed by atoms with Crippen molar-refractivity contribution in [1.29, 1.82) is 0 Å². The number of anilines is 1. The largest absolute Gasteiger partial charge is 0.348 e. The Morgan fingerprint density at radius 1 is 1.35 bits per heavy atom. The molecule has 1 aliphatic heterocycles. The van der Waals surface area contributed by atoms with Gasteiger partial charge in [-0.1, -0.05) is 12.8 Å². The molecule has 0 saturated heterocycles. The topological polar surface area (TPSA) is 29.9 Å². The Morgan fingerprint density at radius 3 is 2.71 bits per heavy atom. The number of halogens is 1. The highest BCUT2D eigenvalue weighted by Crippen LogP contribution is 2.52. The molecule has 3 fully saturated rings. The molecular formula is C13H18BrN3. The zero-order valence-corrected chi connectivity index (χ0v) is 11.8. The number of fused-ring (bicyclic) bond motifs is 3. The SMILES string of the molecule is Cc1c(Br)nc2n1CC1(CC3CCC1CC3)N2. The zero-order valence-electron chi connectivity index (χ0n) is 10.2. The van der Waals surface area contributed by atoms with Crippen LogP contribution in [0.5, 0.6) is 0 Å². The molecule has 0 amide bonds. The van der Waals surface area contributed by atoms with Crippen molar-refractivity contribution in [3.8, 4) is 0 Å². The van der Waals surface area contributed by atoms with E-state index in [0.717, 1.165) is 28.9 Å². The second kappa shape index (κ2) is 3.28. The van der Waals surface area contributed by atoms with E-state index in [1.54, 1.807) is 0 Å². The molecule has 0 radical (unpaired) electrons. The van der Waals surface area contributed by atoms with Crippen molar-refractivity contribution in [3.63, 3.8) is 0 Å². The molecule has 3 nitrogen and oxygen atoms in total. The Hall–Kier alpha value is -0.510. The van der Waals surface area contributed by atoms with Crippen molar-refractivity contribution in [2.45, 2.75) is 51.1 Å². The molecule has 17 heavy (non-hydrogen) atoms. The summed E-state index contributed by atoms with van der Waals surface area (Å²) >= 11 is 3.52. The summed E-state index contributed by atoms with van der Waals surface area (Å²) in [4.78, 5) is 4.59. The standard InChI is InChI=1S/C13H18BrN3/c1-8-11(14)15-12-16-13(7-17(8)12)6-9-2-4-10(13)5-3-9/h9-10H,2-7H2,1H3,(H,15,16). The number of hydrogen-bond acceptors (Lipinski definition) is 2. The molecule has 1 N–H and O–H groups in total. The van der Waals surface area contributed by atoms with Crippen LogP contribution in [0.3, 0.4) is 0 Å². The first-order chi connectivity index (χ1) is 8.18. The van der Waals surface area contributed by atoms with Gasteiger partial charge in [0.2, 0.25) is 5.95 Å². The molecule has 1 aromatic rings. The Bertz CT molecular complexity index is 473. The number of rotatable bonds is 0. The predicted molar refractivity (Wildman–Crippen MR) is 71.1 cm³/mol. The summed E-state index contributed by atoms with van der Waals surface area (Å²) in [5.41, 5.74) is 1.61. The Labute approximate surface area is 110 Å². The van der Waals surface area contributed by atoms with Crippen LogP contribution < -0.4 is 5.32 Å². The third kappa shape index (κ3) is 1.30. The smallest absolute Gasteiger partial charge is 0.204 e. The van der Waals surface area contributed by atoms with Gasteiger partial charge >= 0.3 is 0 Å². The summed E-state index contributed by atoms with van der Waals surface area (Å²) < 4.78 is 3.36. The van der Waals surface area contributed by atoms with Crippen molar-refractivity contribution >= 4 is 21.9 Å². The molecule has 2 heterocycles. The molecule has 0 aromatic carbocycles. The molecular weight excluding hydrogens is 278 g/mol. The van der Waals surface area contributed by atoms with Gasteiger partial charge < -0.3 is 9.88 Å². The molecule has 3 saturated carbocycles. The van der Waals surface area contributed by atoms with Gasteiger partial charge in [-0.25, -0.2) is 4.98 Å². The Balaban J connectivity index is 1.71. The Kier molecular flexibility index (Phi) is 2.01. The molecule has 5 rings (SSSR count). The number of aromatic nitrogens is 2.